The van der Waals surface area contributed by atoms with Crippen LogP contribution in [0.4, 0.5) is 14.5 Å². The molecule has 2 nitrogen and oxygen atoms in total. The Balaban J connectivity index is 2.50. The Bertz CT molecular complexity index is 513. The van der Waals surface area contributed by atoms with Crippen molar-refractivity contribution in [3.8, 4) is 0 Å². The Morgan fingerprint density at radius 2 is 1.93 bits per heavy atom. The third kappa shape index (κ3) is 2.20. The van der Waals surface area contributed by atoms with Gasteiger partial charge >= 0.3 is 0 Å². The molecule has 1 aliphatic rings. The minimum absolute atomic E-state index is 0.0343. The van der Waals surface area contributed by atoms with Crippen molar-refractivity contribution in [3.63, 3.8) is 0 Å². The van der Waals surface area contributed by atoms with E-state index >= 15 is 0 Å². The summed E-state index contributed by atoms with van der Waals surface area (Å²) in [7, 11) is -2.25. The zero-order chi connectivity index (χ0) is 11.1. The van der Waals surface area contributed by atoms with E-state index in [0.29, 0.717) is 11.5 Å². The van der Waals surface area contributed by atoms with Gasteiger partial charge in [-0.05, 0) is 28.4 Å². The second-order valence-electron chi connectivity index (χ2n) is 3.34. The fourth-order valence-corrected chi connectivity index (χ4v) is 3.04. The molecule has 0 aliphatic carbocycles. The van der Waals surface area contributed by atoms with Gasteiger partial charge in [0.15, 0.2) is 5.82 Å². The summed E-state index contributed by atoms with van der Waals surface area (Å²) >= 11 is 2.93. The van der Waals surface area contributed by atoms with Crippen LogP contribution in [0.5, 0.6) is 0 Å². The first-order valence-corrected chi connectivity index (χ1v) is 7.02. The van der Waals surface area contributed by atoms with Crippen molar-refractivity contribution in [3.05, 3.63) is 28.2 Å². The van der Waals surface area contributed by atoms with Gasteiger partial charge in [0.1, 0.15) is 11.5 Å². The highest BCUT2D eigenvalue weighted by Crippen LogP contribution is 2.28. The summed E-state index contributed by atoms with van der Waals surface area (Å²) in [5.74, 6) is -0.455. The molecule has 15 heavy (non-hydrogen) atoms. The van der Waals surface area contributed by atoms with Gasteiger partial charge in [-0.3, -0.25) is 0 Å². The summed E-state index contributed by atoms with van der Waals surface area (Å²) in [6, 6.07) is 1.96. The van der Waals surface area contributed by atoms with Crippen molar-refractivity contribution < 1.29 is 13.0 Å². The van der Waals surface area contributed by atoms with E-state index in [0.717, 1.165) is 12.5 Å². The van der Waals surface area contributed by atoms with E-state index in [1.165, 1.54) is 6.07 Å². The Hall–Kier alpha value is -0.490. The quantitative estimate of drug-likeness (QED) is 0.732. The molecule has 0 bridgehead atoms. The lowest BCUT2D eigenvalue weighted by atomic mass is 10.3. The molecule has 2 rings (SSSR count). The van der Waals surface area contributed by atoms with E-state index < -0.39 is 21.4 Å². The lowest BCUT2D eigenvalue weighted by Crippen LogP contribution is -2.23. The highest BCUT2D eigenvalue weighted by Gasteiger charge is 2.20. The van der Waals surface area contributed by atoms with Crippen LogP contribution < -0.4 is 0 Å². The van der Waals surface area contributed by atoms with Crippen molar-refractivity contribution in [2.24, 2.45) is 4.36 Å². The van der Waals surface area contributed by atoms with Crippen LogP contribution in [-0.4, -0.2) is 15.7 Å². The van der Waals surface area contributed by atoms with Gasteiger partial charge in [0, 0.05) is 17.6 Å². The average molecular weight is 296 g/mol. The van der Waals surface area contributed by atoms with Crippen LogP contribution in [0.2, 0.25) is 0 Å². The SMILES string of the molecule is O=S1(=Nc2cc(Br)c(F)cc2F)CCC1. The van der Waals surface area contributed by atoms with Crippen LogP contribution in [0.1, 0.15) is 6.42 Å². The van der Waals surface area contributed by atoms with Crippen molar-refractivity contribution in [1.29, 1.82) is 0 Å². The van der Waals surface area contributed by atoms with Crippen molar-refractivity contribution in [2.75, 3.05) is 11.5 Å². The van der Waals surface area contributed by atoms with Gasteiger partial charge in [-0.2, -0.15) is 4.36 Å². The first kappa shape index (κ1) is 11.0. The van der Waals surface area contributed by atoms with Gasteiger partial charge in [-0.25, -0.2) is 13.0 Å². The summed E-state index contributed by atoms with van der Waals surface area (Å²) in [6.07, 6.45) is 0.853. The fourth-order valence-electron chi connectivity index (χ4n) is 1.24. The number of rotatable bonds is 1. The number of nitrogens with zero attached hydrogens (tertiary/aromatic N) is 1. The van der Waals surface area contributed by atoms with Gasteiger partial charge in [-0.15, -0.1) is 0 Å². The van der Waals surface area contributed by atoms with E-state index in [1.54, 1.807) is 0 Å². The highest BCUT2D eigenvalue weighted by atomic mass is 79.9. The molecule has 1 heterocycles. The van der Waals surface area contributed by atoms with Crippen LogP contribution in [0.15, 0.2) is 21.0 Å². The first-order chi connectivity index (χ1) is 7.00. The van der Waals surface area contributed by atoms with Gasteiger partial charge in [-0.1, -0.05) is 0 Å². The molecule has 1 aromatic carbocycles. The second kappa shape index (κ2) is 3.83. The van der Waals surface area contributed by atoms with Crippen LogP contribution in [-0.2, 0) is 9.73 Å². The molecular formula is C9H8BrF2NOS. The maximum Gasteiger partial charge on any atom is 0.152 e. The summed E-state index contributed by atoms with van der Waals surface area (Å²) in [4.78, 5) is 0. The molecule has 0 radical (unpaired) electrons. The van der Waals surface area contributed by atoms with Crippen LogP contribution in [0.3, 0.4) is 0 Å². The predicted molar refractivity (Wildman–Crippen MR) is 58.6 cm³/mol. The second-order valence-corrected chi connectivity index (χ2v) is 6.74. The highest BCUT2D eigenvalue weighted by molar-refractivity contribution is 9.10. The minimum Gasteiger partial charge on any atom is -0.249 e. The maximum atomic E-state index is 13.2. The smallest absolute Gasteiger partial charge is 0.152 e. The summed E-state index contributed by atoms with van der Waals surface area (Å²) in [6.45, 7) is 0. The molecule has 0 unspecified atom stereocenters. The molecule has 6 heteroatoms. The van der Waals surface area contributed by atoms with E-state index in [2.05, 4.69) is 20.3 Å². The normalized spacial score (nSPS) is 18.3. The molecule has 1 aromatic rings. The fraction of sp³-hybridized carbons (Fsp3) is 0.333. The molecule has 0 spiro atoms. The van der Waals surface area contributed by atoms with Gasteiger partial charge in [0.2, 0.25) is 0 Å². The molecule has 0 aromatic heterocycles. The largest absolute Gasteiger partial charge is 0.249 e. The molecule has 82 valence electrons. The number of benzene rings is 1. The Labute approximate surface area is 95.0 Å². The molecule has 0 saturated carbocycles. The molecular weight excluding hydrogens is 288 g/mol. The summed E-state index contributed by atoms with van der Waals surface area (Å²) in [5, 5.41) is 0. The minimum atomic E-state index is -2.25. The monoisotopic (exact) mass is 295 g/mol. The van der Waals surface area contributed by atoms with E-state index in [4.69, 9.17) is 0 Å². The van der Waals surface area contributed by atoms with E-state index in [9.17, 15) is 13.0 Å². The summed E-state index contributed by atoms with van der Waals surface area (Å²) < 4.78 is 41.8. The molecule has 0 atom stereocenters. The lowest BCUT2D eigenvalue weighted by molar-refractivity contribution is 0.580. The summed E-state index contributed by atoms with van der Waals surface area (Å²) in [5.41, 5.74) is -0.0343. The topological polar surface area (TPSA) is 29.4 Å². The standard InChI is InChI=1S/C9H8BrF2NOS/c10-6-4-9(8(12)5-7(6)11)13-15(14)2-1-3-15/h4-5H,1-3H2. The van der Waals surface area contributed by atoms with Gasteiger partial charge in [0.25, 0.3) is 0 Å². The third-order valence-corrected chi connectivity index (χ3v) is 5.17. The first-order valence-electron chi connectivity index (χ1n) is 4.37. The van der Waals surface area contributed by atoms with Gasteiger partial charge in [0.05, 0.1) is 14.2 Å². The predicted octanol–water partition coefficient (Wildman–Crippen LogP) is 3.23. The molecule has 1 fully saturated rings. The Morgan fingerprint density at radius 3 is 2.47 bits per heavy atom. The number of hydrogen-bond donors (Lipinski definition) is 0. The third-order valence-electron chi connectivity index (χ3n) is 2.18. The molecule has 1 aliphatic heterocycles. The van der Waals surface area contributed by atoms with E-state index in [-0.39, 0.29) is 10.2 Å². The Kier molecular flexibility index (Phi) is 2.81. The zero-order valence-corrected chi connectivity index (χ0v) is 10.1. The van der Waals surface area contributed by atoms with Crippen molar-refractivity contribution >= 4 is 31.3 Å². The van der Waals surface area contributed by atoms with Crippen molar-refractivity contribution in [2.45, 2.75) is 6.42 Å². The maximum absolute atomic E-state index is 13.2. The van der Waals surface area contributed by atoms with E-state index in [1.807, 2.05) is 0 Å². The molecule has 1 saturated heterocycles. The van der Waals surface area contributed by atoms with Crippen molar-refractivity contribution in [1.82, 2.24) is 0 Å². The molecule has 0 N–H and O–H groups in total. The number of halogens is 3. The van der Waals surface area contributed by atoms with Crippen LogP contribution >= 0.6 is 15.9 Å². The van der Waals surface area contributed by atoms with Gasteiger partial charge < -0.3 is 0 Å². The Morgan fingerprint density at radius 1 is 1.27 bits per heavy atom. The van der Waals surface area contributed by atoms with Crippen LogP contribution in [0.25, 0.3) is 0 Å². The number of hydrogen-bond acceptors (Lipinski definition) is 2. The molecule has 0 amide bonds. The van der Waals surface area contributed by atoms with Crippen LogP contribution in [0, 0.1) is 11.6 Å². The zero-order valence-electron chi connectivity index (χ0n) is 7.67. The lowest BCUT2D eigenvalue weighted by Gasteiger charge is -2.17. The average Bonchev–Trinajstić information content (AvgIpc) is 2.11.